The molecule has 0 spiro atoms. The first-order valence-corrected chi connectivity index (χ1v) is 10.8. The maximum Gasteiger partial charge on any atom is -0.0148 e. The molecular weight excluding hydrogens is 398 g/mol. The summed E-state index contributed by atoms with van der Waals surface area (Å²) in [4.78, 5) is 0. The quantitative estimate of drug-likeness (QED) is 0.217. The van der Waals surface area contributed by atoms with Crippen molar-refractivity contribution in [1.29, 1.82) is 0 Å². The molecule has 0 N–H and O–H groups in total. The van der Waals surface area contributed by atoms with Gasteiger partial charge in [0.05, 0.1) is 0 Å². The number of benzene rings is 4. The average molecular weight is 424 g/mol. The van der Waals surface area contributed by atoms with Crippen LogP contribution in [0.1, 0.15) is 22.3 Å². The van der Waals surface area contributed by atoms with Crippen molar-refractivity contribution >= 4 is 41.3 Å². The van der Waals surface area contributed by atoms with E-state index in [1.165, 1.54) is 32.9 Å². The van der Waals surface area contributed by atoms with Crippen LogP contribution >= 0.6 is 18.5 Å². The molecule has 1 atom stereocenters. The molecular formula is C28H26P2. The molecule has 148 valence electrons. The largest absolute Gasteiger partial charge is 0.153 e. The Labute approximate surface area is 184 Å². The molecule has 0 bridgehead atoms. The lowest BCUT2D eigenvalue weighted by atomic mass is 10.1. The normalized spacial score (nSPS) is 11.6. The average Bonchev–Trinajstić information content (AvgIpc) is 2.81. The summed E-state index contributed by atoms with van der Waals surface area (Å²) in [6, 6.07) is 42.6. The van der Waals surface area contributed by atoms with Gasteiger partial charge in [-0.1, -0.05) is 130 Å². The second-order valence-corrected chi connectivity index (χ2v) is 8.12. The molecule has 4 aromatic rings. The third kappa shape index (κ3) is 6.11. The lowest BCUT2D eigenvalue weighted by Crippen LogP contribution is -1.83. The maximum atomic E-state index is 2.32. The Hall–Kier alpha value is -2.78. The lowest BCUT2D eigenvalue weighted by Gasteiger charge is -2.13. The zero-order chi connectivity index (χ0) is 19.7. The Morgan fingerprint density at radius 2 is 0.733 bits per heavy atom. The highest BCUT2D eigenvalue weighted by molar-refractivity contribution is 7.62. The fourth-order valence-corrected chi connectivity index (χ4v) is 4.59. The van der Waals surface area contributed by atoms with Crippen LogP contribution in [0, 0.1) is 0 Å². The third-order valence-corrected chi connectivity index (χ3v) is 6.06. The third-order valence-electron chi connectivity index (χ3n) is 4.66. The van der Waals surface area contributed by atoms with E-state index in [9.17, 15) is 0 Å². The van der Waals surface area contributed by atoms with Crippen LogP contribution in [-0.4, -0.2) is 0 Å². The Balaban J connectivity index is 0.00000256. The van der Waals surface area contributed by atoms with E-state index in [1.807, 2.05) is 0 Å². The van der Waals surface area contributed by atoms with Crippen molar-refractivity contribution in [2.24, 2.45) is 0 Å². The molecule has 0 aromatic heterocycles. The van der Waals surface area contributed by atoms with E-state index in [-0.39, 0.29) is 9.90 Å². The molecule has 0 fully saturated rings. The molecule has 0 heterocycles. The fourth-order valence-electron chi connectivity index (χ4n) is 3.20. The predicted octanol–water partition coefficient (Wildman–Crippen LogP) is 8.12. The van der Waals surface area contributed by atoms with Gasteiger partial charge in [-0.3, -0.25) is 0 Å². The molecule has 30 heavy (non-hydrogen) atoms. The van der Waals surface area contributed by atoms with Crippen LogP contribution in [0.3, 0.4) is 0 Å². The van der Waals surface area contributed by atoms with Gasteiger partial charge in [-0.05, 0) is 45.0 Å². The van der Waals surface area contributed by atoms with Gasteiger partial charge in [-0.2, -0.15) is 9.90 Å². The summed E-state index contributed by atoms with van der Waals surface area (Å²) in [6.45, 7) is 0. The van der Waals surface area contributed by atoms with Gasteiger partial charge < -0.3 is 0 Å². The second-order valence-electron chi connectivity index (χ2n) is 6.79. The summed E-state index contributed by atoms with van der Waals surface area (Å²) in [5.41, 5.74) is 4.99. The van der Waals surface area contributed by atoms with Gasteiger partial charge in [0.2, 0.25) is 0 Å². The van der Waals surface area contributed by atoms with Crippen molar-refractivity contribution in [3.63, 3.8) is 0 Å². The Morgan fingerprint density at radius 3 is 1.07 bits per heavy atom. The summed E-state index contributed by atoms with van der Waals surface area (Å²) in [6.07, 6.45) is 4.63. The Morgan fingerprint density at radius 1 is 0.433 bits per heavy atom. The van der Waals surface area contributed by atoms with Crippen molar-refractivity contribution in [1.82, 2.24) is 0 Å². The molecule has 0 nitrogen and oxygen atoms in total. The van der Waals surface area contributed by atoms with Crippen molar-refractivity contribution in [2.75, 3.05) is 0 Å². The van der Waals surface area contributed by atoms with Gasteiger partial charge in [0.25, 0.3) is 0 Å². The fraction of sp³-hybridized carbons (Fsp3) is 0. The smallest absolute Gasteiger partial charge is 0.0148 e. The van der Waals surface area contributed by atoms with Gasteiger partial charge in [0.15, 0.2) is 0 Å². The van der Waals surface area contributed by atoms with Crippen LogP contribution in [0.4, 0.5) is 0 Å². The minimum absolute atomic E-state index is 0. The summed E-state index contributed by atoms with van der Waals surface area (Å²) < 4.78 is 0. The monoisotopic (exact) mass is 424 g/mol. The van der Waals surface area contributed by atoms with Crippen molar-refractivity contribution < 1.29 is 0 Å². The van der Waals surface area contributed by atoms with Crippen LogP contribution < -0.4 is 0 Å². The summed E-state index contributed by atoms with van der Waals surface area (Å²) >= 11 is 0. The Kier molecular flexibility index (Phi) is 8.34. The molecule has 0 aliphatic heterocycles. The number of rotatable bonds is 6. The van der Waals surface area contributed by atoms with E-state index in [0.29, 0.717) is 8.58 Å². The molecule has 0 amide bonds. The van der Waals surface area contributed by atoms with Crippen LogP contribution in [0.25, 0.3) is 22.8 Å². The molecule has 4 rings (SSSR count). The van der Waals surface area contributed by atoms with E-state index in [1.54, 1.807) is 0 Å². The molecule has 4 aromatic carbocycles. The topological polar surface area (TPSA) is 0 Å². The van der Waals surface area contributed by atoms with Crippen LogP contribution in [0.2, 0.25) is 0 Å². The van der Waals surface area contributed by atoms with Gasteiger partial charge in [0, 0.05) is 0 Å². The van der Waals surface area contributed by atoms with Gasteiger partial charge in [0.1, 0.15) is 0 Å². The number of hydrogen-bond donors (Lipinski definition) is 0. The molecule has 1 unspecified atom stereocenters. The van der Waals surface area contributed by atoms with Crippen LogP contribution in [-0.2, 0) is 0 Å². The number of hydrogen-bond acceptors (Lipinski definition) is 0. The SMILES string of the molecule is C(=C(/P/C(=C\c1ccccc1)c1ccccc1)c1ccccc1)/c1ccccc1.P. The molecule has 2 heteroatoms. The van der Waals surface area contributed by atoms with Crippen LogP contribution in [0.5, 0.6) is 0 Å². The van der Waals surface area contributed by atoms with Crippen LogP contribution in [0.15, 0.2) is 121 Å². The van der Waals surface area contributed by atoms with Crippen molar-refractivity contribution in [2.45, 2.75) is 0 Å². The highest BCUT2D eigenvalue weighted by Crippen LogP contribution is 2.47. The lowest BCUT2D eigenvalue weighted by molar-refractivity contribution is 1.63. The summed E-state index contributed by atoms with van der Waals surface area (Å²) in [5.74, 6) is 0. The molecule has 0 aliphatic carbocycles. The summed E-state index contributed by atoms with van der Waals surface area (Å²) in [7, 11) is 0.543. The molecule has 0 radical (unpaired) electrons. The minimum atomic E-state index is 0. The zero-order valence-electron chi connectivity index (χ0n) is 16.9. The molecule has 0 saturated heterocycles. The van der Waals surface area contributed by atoms with Gasteiger partial charge >= 0.3 is 0 Å². The van der Waals surface area contributed by atoms with E-state index in [2.05, 4.69) is 133 Å². The minimum Gasteiger partial charge on any atom is -0.153 e. The highest BCUT2D eigenvalue weighted by atomic mass is 31.1. The first-order chi connectivity index (χ1) is 14.4. The first kappa shape index (κ1) is 21.9. The molecule has 0 saturated carbocycles. The predicted molar refractivity (Wildman–Crippen MR) is 141 cm³/mol. The zero-order valence-corrected chi connectivity index (χ0v) is 19.3. The van der Waals surface area contributed by atoms with E-state index in [0.717, 1.165) is 0 Å². The van der Waals surface area contributed by atoms with E-state index < -0.39 is 0 Å². The molecule has 0 aliphatic rings. The van der Waals surface area contributed by atoms with E-state index in [4.69, 9.17) is 0 Å². The second kappa shape index (κ2) is 11.4. The van der Waals surface area contributed by atoms with Gasteiger partial charge in [-0.15, -0.1) is 0 Å². The first-order valence-electron chi connectivity index (χ1n) is 9.80. The van der Waals surface area contributed by atoms with E-state index >= 15 is 0 Å². The standard InChI is InChI=1S/C28H23P.H3P/c1-5-13-23(14-6-1)21-27(25-17-9-3-10-18-25)29-28(26-19-11-4-12-20-26)22-24-15-7-2-8-16-24;/h1-22,29H;1H3/b27-21-,28-22-;. The highest BCUT2D eigenvalue weighted by Gasteiger charge is 2.08. The maximum absolute atomic E-state index is 2.32. The Bertz CT molecular complexity index is 993. The van der Waals surface area contributed by atoms with Gasteiger partial charge in [-0.25, -0.2) is 0 Å². The van der Waals surface area contributed by atoms with Crippen molar-refractivity contribution in [3.8, 4) is 0 Å². The van der Waals surface area contributed by atoms with Crippen molar-refractivity contribution in [3.05, 3.63) is 144 Å². The summed E-state index contributed by atoms with van der Waals surface area (Å²) in [5, 5.41) is 2.67.